The lowest BCUT2D eigenvalue weighted by Crippen LogP contribution is -2.50. The first kappa shape index (κ1) is 13.0. The molecule has 1 aromatic rings. The van der Waals surface area contributed by atoms with Crippen molar-refractivity contribution in [2.75, 3.05) is 13.1 Å². The molecule has 1 fully saturated rings. The Morgan fingerprint density at radius 3 is 2.78 bits per heavy atom. The lowest BCUT2D eigenvalue weighted by atomic mass is 9.68. The third-order valence-corrected chi connectivity index (χ3v) is 3.77. The monoisotopic (exact) mass is 250 g/mol. The average molecular weight is 250 g/mol. The minimum atomic E-state index is -0.331. The van der Waals surface area contributed by atoms with Gasteiger partial charge in [0.1, 0.15) is 5.82 Å². The second-order valence-electron chi connectivity index (χ2n) is 4.97. The van der Waals surface area contributed by atoms with Crippen LogP contribution in [0.3, 0.4) is 0 Å². The van der Waals surface area contributed by atoms with Crippen molar-refractivity contribution in [1.82, 2.24) is 5.32 Å². The van der Waals surface area contributed by atoms with Gasteiger partial charge in [-0.15, -0.1) is 0 Å². The molecule has 0 aromatic heterocycles. The Morgan fingerprint density at radius 1 is 1.44 bits per heavy atom. The summed E-state index contributed by atoms with van der Waals surface area (Å²) in [5.74, 6) is -0.191. The molecule has 98 valence electrons. The van der Waals surface area contributed by atoms with E-state index in [0.717, 1.165) is 24.8 Å². The Kier molecular flexibility index (Phi) is 3.97. The Hall–Kier alpha value is -1.42. The molecule has 4 heteroatoms. The molecular formula is C14H19FN2O. The molecule has 2 rings (SSSR count). The minimum absolute atomic E-state index is 0.0488. The summed E-state index contributed by atoms with van der Waals surface area (Å²) in [6.45, 7) is 0.947. The first-order valence-electron chi connectivity index (χ1n) is 6.39. The number of nitrogens with two attached hydrogens (primary N) is 1. The summed E-state index contributed by atoms with van der Waals surface area (Å²) in [6.07, 6.45) is 3.49. The van der Waals surface area contributed by atoms with E-state index in [1.807, 2.05) is 6.07 Å². The van der Waals surface area contributed by atoms with Gasteiger partial charge in [0, 0.05) is 13.1 Å². The van der Waals surface area contributed by atoms with Gasteiger partial charge in [0.05, 0.1) is 5.41 Å². The number of carbonyl (C=O) groups is 1. The van der Waals surface area contributed by atoms with Crippen molar-refractivity contribution in [3.63, 3.8) is 0 Å². The van der Waals surface area contributed by atoms with E-state index in [0.29, 0.717) is 19.5 Å². The van der Waals surface area contributed by atoms with Gasteiger partial charge in [0.25, 0.3) is 0 Å². The van der Waals surface area contributed by atoms with Crippen LogP contribution in [0.5, 0.6) is 0 Å². The van der Waals surface area contributed by atoms with Gasteiger partial charge in [-0.05, 0) is 37.0 Å². The third-order valence-electron chi connectivity index (χ3n) is 3.77. The number of hydrogen-bond donors (Lipinski definition) is 2. The Labute approximate surface area is 107 Å². The Balaban J connectivity index is 1.80. The molecule has 0 bridgehead atoms. The number of benzene rings is 1. The molecule has 1 aromatic carbocycles. The number of carbonyl (C=O) groups excluding carboxylic acids is 1. The molecule has 1 aliphatic carbocycles. The zero-order valence-corrected chi connectivity index (χ0v) is 10.4. The number of nitrogens with one attached hydrogen (secondary N) is 1. The molecule has 0 atom stereocenters. The normalized spacial score (nSPS) is 17.0. The number of hydrogen-bond acceptors (Lipinski definition) is 2. The SMILES string of the molecule is NCC1(C(=O)NCCc2cccc(F)c2)CCC1. The molecule has 0 spiro atoms. The predicted octanol–water partition coefficient (Wildman–Crippen LogP) is 1.61. The molecule has 0 radical (unpaired) electrons. The van der Waals surface area contributed by atoms with Crippen LogP contribution in [-0.2, 0) is 11.2 Å². The summed E-state index contributed by atoms with van der Waals surface area (Å²) < 4.78 is 13.0. The van der Waals surface area contributed by atoms with Gasteiger partial charge in [-0.3, -0.25) is 4.79 Å². The first-order chi connectivity index (χ1) is 8.66. The number of halogens is 1. The molecule has 0 aliphatic heterocycles. The van der Waals surface area contributed by atoms with Gasteiger partial charge in [0.2, 0.25) is 5.91 Å². The van der Waals surface area contributed by atoms with Crippen molar-refractivity contribution in [1.29, 1.82) is 0 Å². The van der Waals surface area contributed by atoms with Crippen molar-refractivity contribution in [2.45, 2.75) is 25.7 Å². The maximum absolute atomic E-state index is 13.0. The zero-order valence-electron chi connectivity index (χ0n) is 10.4. The van der Waals surface area contributed by atoms with Gasteiger partial charge < -0.3 is 11.1 Å². The molecule has 0 unspecified atom stereocenters. The molecule has 1 amide bonds. The quantitative estimate of drug-likeness (QED) is 0.834. The second kappa shape index (κ2) is 5.48. The summed E-state index contributed by atoms with van der Waals surface area (Å²) in [5, 5.41) is 2.90. The predicted molar refractivity (Wildman–Crippen MR) is 68.5 cm³/mol. The average Bonchev–Trinajstić information content (AvgIpc) is 2.28. The third kappa shape index (κ3) is 2.70. The highest BCUT2D eigenvalue weighted by molar-refractivity contribution is 5.83. The van der Waals surface area contributed by atoms with Gasteiger partial charge in [-0.2, -0.15) is 0 Å². The molecule has 3 N–H and O–H groups in total. The van der Waals surface area contributed by atoms with E-state index in [-0.39, 0.29) is 17.1 Å². The van der Waals surface area contributed by atoms with Crippen molar-refractivity contribution < 1.29 is 9.18 Å². The van der Waals surface area contributed by atoms with E-state index < -0.39 is 0 Å². The van der Waals surface area contributed by atoms with Crippen molar-refractivity contribution in [2.24, 2.45) is 11.1 Å². The summed E-state index contributed by atoms with van der Waals surface area (Å²) >= 11 is 0. The van der Waals surface area contributed by atoms with Gasteiger partial charge in [-0.25, -0.2) is 4.39 Å². The largest absolute Gasteiger partial charge is 0.355 e. The van der Waals surface area contributed by atoms with Gasteiger partial charge in [0.15, 0.2) is 0 Å². The highest BCUT2D eigenvalue weighted by Crippen LogP contribution is 2.39. The fraction of sp³-hybridized carbons (Fsp3) is 0.500. The van der Waals surface area contributed by atoms with Crippen LogP contribution in [-0.4, -0.2) is 19.0 Å². The number of rotatable bonds is 5. The summed E-state index contributed by atoms with van der Waals surface area (Å²) in [4.78, 5) is 12.0. The van der Waals surface area contributed by atoms with E-state index >= 15 is 0 Å². The highest BCUT2D eigenvalue weighted by atomic mass is 19.1. The number of amides is 1. The zero-order chi connectivity index (χ0) is 13.0. The maximum atomic E-state index is 13.0. The lowest BCUT2D eigenvalue weighted by molar-refractivity contribution is -0.135. The topological polar surface area (TPSA) is 55.1 Å². The van der Waals surface area contributed by atoms with Crippen LogP contribution < -0.4 is 11.1 Å². The lowest BCUT2D eigenvalue weighted by Gasteiger charge is -2.39. The van der Waals surface area contributed by atoms with Crippen LogP contribution >= 0.6 is 0 Å². The van der Waals surface area contributed by atoms with E-state index in [2.05, 4.69) is 5.32 Å². The van der Waals surface area contributed by atoms with E-state index in [9.17, 15) is 9.18 Å². The summed E-state index contributed by atoms with van der Waals surface area (Å²) in [7, 11) is 0. The van der Waals surface area contributed by atoms with Crippen molar-refractivity contribution in [3.05, 3.63) is 35.6 Å². The second-order valence-corrected chi connectivity index (χ2v) is 4.97. The van der Waals surface area contributed by atoms with E-state index in [4.69, 9.17) is 5.73 Å². The molecule has 18 heavy (non-hydrogen) atoms. The fourth-order valence-electron chi connectivity index (χ4n) is 2.33. The minimum Gasteiger partial charge on any atom is -0.355 e. The van der Waals surface area contributed by atoms with Crippen LogP contribution in [0.2, 0.25) is 0 Å². The Bertz CT molecular complexity index is 424. The molecule has 1 aliphatic rings. The van der Waals surface area contributed by atoms with Crippen LogP contribution in [0.15, 0.2) is 24.3 Å². The van der Waals surface area contributed by atoms with Crippen LogP contribution in [0.1, 0.15) is 24.8 Å². The maximum Gasteiger partial charge on any atom is 0.227 e. The van der Waals surface area contributed by atoms with Crippen LogP contribution in [0.4, 0.5) is 4.39 Å². The standard InChI is InChI=1S/C14H19FN2O/c15-12-4-1-3-11(9-12)5-8-17-13(18)14(10-16)6-2-7-14/h1,3-4,9H,2,5-8,10,16H2,(H,17,18). The van der Waals surface area contributed by atoms with Gasteiger partial charge >= 0.3 is 0 Å². The van der Waals surface area contributed by atoms with E-state index in [1.54, 1.807) is 6.07 Å². The molecule has 0 saturated heterocycles. The molecule has 3 nitrogen and oxygen atoms in total. The summed E-state index contributed by atoms with van der Waals surface area (Å²) in [6, 6.07) is 6.45. The molecule has 0 heterocycles. The first-order valence-corrected chi connectivity index (χ1v) is 6.39. The van der Waals surface area contributed by atoms with Crippen LogP contribution in [0, 0.1) is 11.2 Å². The summed E-state index contributed by atoms with van der Waals surface area (Å²) in [5.41, 5.74) is 6.22. The van der Waals surface area contributed by atoms with Crippen molar-refractivity contribution in [3.8, 4) is 0 Å². The van der Waals surface area contributed by atoms with E-state index in [1.165, 1.54) is 12.1 Å². The highest BCUT2D eigenvalue weighted by Gasteiger charge is 2.42. The molecular weight excluding hydrogens is 231 g/mol. The van der Waals surface area contributed by atoms with Gasteiger partial charge in [-0.1, -0.05) is 18.6 Å². The fourth-order valence-corrected chi connectivity index (χ4v) is 2.33. The van der Waals surface area contributed by atoms with Crippen molar-refractivity contribution >= 4 is 5.91 Å². The molecule has 1 saturated carbocycles. The van der Waals surface area contributed by atoms with Crippen LogP contribution in [0.25, 0.3) is 0 Å². The Morgan fingerprint density at radius 2 is 2.22 bits per heavy atom. The smallest absolute Gasteiger partial charge is 0.227 e.